The second-order valence-corrected chi connectivity index (χ2v) is 4.17. The van der Waals surface area contributed by atoms with Crippen molar-refractivity contribution in [1.82, 2.24) is 0 Å². The first-order chi connectivity index (χ1) is 7.34. The van der Waals surface area contributed by atoms with E-state index in [-0.39, 0.29) is 6.10 Å². The molecule has 2 aliphatic heterocycles. The first kappa shape index (κ1) is 9.04. The number of rotatable bonds is 1. The van der Waals surface area contributed by atoms with Crippen molar-refractivity contribution >= 4 is 0 Å². The minimum absolute atomic E-state index is 0.222. The molecule has 0 N–H and O–H groups in total. The van der Waals surface area contributed by atoms with Crippen molar-refractivity contribution in [1.29, 1.82) is 0 Å². The molecule has 1 saturated heterocycles. The maximum Gasteiger partial charge on any atom is 0.231 e. The number of fused-ring (bicyclic) bond motifs is 1. The van der Waals surface area contributed by atoms with Crippen LogP contribution in [0.25, 0.3) is 0 Å². The van der Waals surface area contributed by atoms with Crippen LogP contribution >= 0.6 is 0 Å². The van der Waals surface area contributed by atoms with Gasteiger partial charge >= 0.3 is 0 Å². The lowest BCUT2D eigenvalue weighted by Gasteiger charge is -2.15. The monoisotopic (exact) mass is 206 g/mol. The molecule has 80 valence electrons. The fraction of sp³-hybridized carbons (Fsp3) is 0.500. The Kier molecular flexibility index (Phi) is 2.06. The van der Waals surface area contributed by atoms with Gasteiger partial charge in [0.05, 0.1) is 6.10 Å². The van der Waals surface area contributed by atoms with Gasteiger partial charge in [0.15, 0.2) is 11.5 Å². The van der Waals surface area contributed by atoms with Crippen LogP contribution in [0.15, 0.2) is 18.2 Å². The Balaban J connectivity index is 1.92. The van der Waals surface area contributed by atoms with E-state index in [4.69, 9.17) is 14.2 Å². The van der Waals surface area contributed by atoms with Crippen molar-refractivity contribution in [2.24, 2.45) is 5.92 Å². The summed E-state index contributed by atoms with van der Waals surface area (Å²) in [5.74, 6) is 2.27. The zero-order valence-corrected chi connectivity index (χ0v) is 8.73. The number of hydrogen-bond donors (Lipinski definition) is 0. The summed E-state index contributed by atoms with van der Waals surface area (Å²) in [6.45, 7) is 3.42. The summed E-state index contributed by atoms with van der Waals surface area (Å²) in [5, 5.41) is 0. The summed E-state index contributed by atoms with van der Waals surface area (Å²) in [4.78, 5) is 0. The van der Waals surface area contributed by atoms with Crippen LogP contribution in [0.3, 0.4) is 0 Å². The summed E-state index contributed by atoms with van der Waals surface area (Å²) < 4.78 is 16.4. The summed E-state index contributed by atoms with van der Waals surface area (Å²) in [5.41, 5.74) is 1.20. The molecular weight excluding hydrogens is 192 g/mol. The highest BCUT2D eigenvalue weighted by atomic mass is 16.7. The van der Waals surface area contributed by atoms with E-state index < -0.39 is 0 Å². The van der Waals surface area contributed by atoms with E-state index >= 15 is 0 Å². The van der Waals surface area contributed by atoms with Crippen molar-refractivity contribution in [3.63, 3.8) is 0 Å². The molecule has 0 spiro atoms. The highest BCUT2D eigenvalue weighted by Crippen LogP contribution is 2.39. The zero-order chi connectivity index (χ0) is 10.3. The molecule has 2 atom stereocenters. The summed E-state index contributed by atoms with van der Waals surface area (Å²) in [7, 11) is 0. The van der Waals surface area contributed by atoms with Crippen molar-refractivity contribution in [2.45, 2.75) is 19.4 Å². The van der Waals surface area contributed by atoms with E-state index in [1.165, 1.54) is 5.56 Å². The number of ether oxygens (including phenoxy) is 3. The van der Waals surface area contributed by atoms with Crippen LogP contribution in [0.1, 0.15) is 25.0 Å². The van der Waals surface area contributed by atoms with Gasteiger partial charge in [-0.1, -0.05) is 13.0 Å². The lowest BCUT2D eigenvalue weighted by Crippen LogP contribution is -2.03. The summed E-state index contributed by atoms with van der Waals surface area (Å²) >= 11 is 0. The van der Waals surface area contributed by atoms with Crippen LogP contribution in [-0.4, -0.2) is 13.4 Å². The standard InChI is InChI=1S/C12H14O3/c1-8-4-5-13-12(8)9-2-3-10-11(6-9)15-7-14-10/h2-3,6,8,12H,4-5,7H2,1H3/t8-,12-/m0/s1. The highest BCUT2D eigenvalue weighted by Gasteiger charge is 2.27. The molecule has 15 heavy (non-hydrogen) atoms. The Bertz CT molecular complexity index is 375. The topological polar surface area (TPSA) is 27.7 Å². The summed E-state index contributed by atoms with van der Waals surface area (Å²) in [6, 6.07) is 6.07. The molecule has 0 aromatic heterocycles. The largest absolute Gasteiger partial charge is 0.454 e. The molecule has 2 aliphatic rings. The van der Waals surface area contributed by atoms with E-state index in [1.807, 2.05) is 12.1 Å². The second kappa shape index (κ2) is 3.42. The summed E-state index contributed by atoms with van der Waals surface area (Å²) in [6.07, 6.45) is 1.36. The molecule has 0 bridgehead atoms. The van der Waals surface area contributed by atoms with E-state index in [0.29, 0.717) is 12.7 Å². The van der Waals surface area contributed by atoms with E-state index in [1.54, 1.807) is 0 Å². The van der Waals surface area contributed by atoms with Gasteiger partial charge in [-0.15, -0.1) is 0 Å². The third-order valence-electron chi connectivity index (χ3n) is 3.11. The molecule has 3 heteroatoms. The number of benzene rings is 1. The molecule has 3 rings (SSSR count). The Morgan fingerprint density at radius 3 is 2.87 bits per heavy atom. The van der Waals surface area contributed by atoms with Crippen LogP contribution in [0, 0.1) is 5.92 Å². The third-order valence-corrected chi connectivity index (χ3v) is 3.11. The van der Waals surface area contributed by atoms with Gasteiger partial charge in [-0.3, -0.25) is 0 Å². The van der Waals surface area contributed by atoms with Crippen molar-refractivity contribution in [2.75, 3.05) is 13.4 Å². The molecule has 1 aromatic rings. The molecular formula is C12H14O3. The van der Waals surface area contributed by atoms with Gasteiger partial charge in [-0.2, -0.15) is 0 Å². The van der Waals surface area contributed by atoms with Crippen molar-refractivity contribution in [3.8, 4) is 11.5 Å². The van der Waals surface area contributed by atoms with Gasteiger partial charge in [0.25, 0.3) is 0 Å². The average molecular weight is 206 g/mol. The lowest BCUT2D eigenvalue weighted by molar-refractivity contribution is 0.0943. The predicted octanol–water partition coefficient (Wildman–Crippen LogP) is 2.51. The maximum absolute atomic E-state index is 5.71. The van der Waals surface area contributed by atoms with E-state index in [0.717, 1.165) is 24.5 Å². The molecule has 0 unspecified atom stereocenters. The van der Waals surface area contributed by atoms with Gasteiger partial charge in [0.1, 0.15) is 0 Å². The zero-order valence-electron chi connectivity index (χ0n) is 8.73. The fourth-order valence-electron chi connectivity index (χ4n) is 2.21. The molecule has 1 aromatic carbocycles. The van der Waals surface area contributed by atoms with E-state index in [9.17, 15) is 0 Å². The Hall–Kier alpha value is -1.22. The minimum Gasteiger partial charge on any atom is -0.454 e. The molecule has 0 aliphatic carbocycles. The smallest absolute Gasteiger partial charge is 0.231 e. The quantitative estimate of drug-likeness (QED) is 0.706. The Morgan fingerprint density at radius 2 is 2.07 bits per heavy atom. The SMILES string of the molecule is C[C@H]1CCO[C@@H]1c1ccc2c(c1)OCO2. The molecule has 0 radical (unpaired) electrons. The van der Waals surface area contributed by atoms with Crippen molar-refractivity contribution < 1.29 is 14.2 Å². The lowest BCUT2D eigenvalue weighted by atomic mass is 9.97. The van der Waals surface area contributed by atoms with Crippen LogP contribution in [0.2, 0.25) is 0 Å². The molecule has 1 fully saturated rings. The van der Waals surface area contributed by atoms with Crippen LogP contribution in [0.4, 0.5) is 0 Å². The first-order valence-electron chi connectivity index (χ1n) is 5.36. The minimum atomic E-state index is 0.222. The highest BCUT2D eigenvalue weighted by molar-refractivity contribution is 5.45. The fourth-order valence-corrected chi connectivity index (χ4v) is 2.21. The van der Waals surface area contributed by atoms with Gasteiger partial charge in [0.2, 0.25) is 6.79 Å². The Labute approximate surface area is 89.0 Å². The second-order valence-electron chi connectivity index (χ2n) is 4.17. The number of hydrogen-bond acceptors (Lipinski definition) is 3. The average Bonchev–Trinajstić information content (AvgIpc) is 2.84. The van der Waals surface area contributed by atoms with Gasteiger partial charge in [-0.05, 0) is 30.0 Å². The van der Waals surface area contributed by atoms with Crippen LogP contribution < -0.4 is 9.47 Å². The Morgan fingerprint density at radius 1 is 1.20 bits per heavy atom. The maximum atomic E-state index is 5.71. The first-order valence-corrected chi connectivity index (χ1v) is 5.36. The van der Waals surface area contributed by atoms with Gasteiger partial charge in [-0.25, -0.2) is 0 Å². The van der Waals surface area contributed by atoms with Gasteiger partial charge < -0.3 is 14.2 Å². The van der Waals surface area contributed by atoms with Crippen LogP contribution in [0.5, 0.6) is 11.5 Å². The molecule has 3 nitrogen and oxygen atoms in total. The molecule has 0 saturated carbocycles. The van der Waals surface area contributed by atoms with Gasteiger partial charge in [0, 0.05) is 6.61 Å². The molecule has 2 heterocycles. The van der Waals surface area contributed by atoms with Crippen LogP contribution in [-0.2, 0) is 4.74 Å². The normalized spacial score (nSPS) is 28.3. The van der Waals surface area contributed by atoms with Crippen molar-refractivity contribution in [3.05, 3.63) is 23.8 Å². The third kappa shape index (κ3) is 1.47. The predicted molar refractivity (Wildman–Crippen MR) is 55.0 cm³/mol. The molecule has 0 amide bonds. The van der Waals surface area contributed by atoms with E-state index in [2.05, 4.69) is 13.0 Å².